The van der Waals surface area contributed by atoms with E-state index < -0.39 is 5.97 Å². The van der Waals surface area contributed by atoms with Crippen LogP contribution in [0.3, 0.4) is 0 Å². The summed E-state index contributed by atoms with van der Waals surface area (Å²) >= 11 is 1.68. The molecular weight excluding hydrogens is 406 g/mol. The minimum atomic E-state index is -0.796. The van der Waals surface area contributed by atoms with Gasteiger partial charge < -0.3 is 15.0 Å². The topological polar surface area (TPSA) is 69.2 Å². The van der Waals surface area contributed by atoms with E-state index in [2.05, 4.69) is 60.1 Å². The van der Waals surface area contributed by atoms with Gasteiger partial charge in [-0.1, -0.05) is 50.2 Å². The number of nitrogens with zero attached hydrogens (tertiary/aromatic N) is 2. The van der Waals surface area contributed by atoms with E-state index in [9.17, 15) is 9.90 Å². The number of rotatable bonds is 9. The van der Waals surface area contributed by atoms with Gasteiger partial charge in [0.05, 0.1) is 12.1 Å². The summed E-state index contributed by atoms with van der Waals surface area (Å²) < 4.78 is 0. The molecule has 0 saturated carbocycles. The standard InChI is InChI=1S/C25H27N3O2S/c1-17(2)14-22-24(20-8-9-21-19(15-20)10-12-26-21)27-25(31-22)28(13-11-23(29)30)16-18-6-4-3-5-7-18/h3-10,12,15,17,26H,11,13-14,16H2,1-2H3,(H,29,30). The first-order valence-corrected chi connectivity index (χ1v) is 11.4. The van der Waals surface area contributed by atoms with Crippen LogP contribution in [0.25, 0.3) is 22.2 Å². The minimum Gasteiger partial charge on any atom is -0.481 e. The van der Waals surface area contributed by atoms with Crippen LogP contribution in [0.2, 0.25) is 0 Å². The van der Waals surface area contributed by atoms with Crippen molar-refractivity contribution in [2.24, 2.45) is 5.92 Å². The Bertz CT molecular complexity index is 1160. The zero-order valence-corrected chi connectivity index (χ0v) is 18.7. The number of hydrogen-bond acceptors (Lipinski definition) is 4. The molecule has 2 aromatic carbocycles. The van der Waals surface area contributed by atoms with Crippen molar-refractivity contribution < 1.29 is 9.90 Å². The molecule has 0 atom stereocenters. The lowest BCUT2D eigenvalue weighted by Crippen LogP contribution is -2.25. The van der Waals surface area contributed by atoms with Gasteiger partial charge in [0.25, 0.3) is 0 Å². The molecule has 0 amide bonds. The second-order valence-corrected chi connectivity index (χ2v) is 9.26. The largest absolute Gasteiger partial charge is 0.481 e. The number of carbonyl (C=O) groups is 1. The van der Waals surface area contributed by atoms with Gasteiger partial charge in [-0.2, -0.15) is 0 Å². The summed E-state index contributed by atoms with van der Waals surface area (Å²) in [4.78, 5) is 22.9. The Kier molecular flexibility index (Phi) is 6.37. The zero-order chi connectivity index (χ0) is 21.8. The highest BCUT2D eigenvalue weighted by molar-refractivity contribution is 7.16. The highest BCUT2D eigenvalue weighted by atomic mass is 32.1. The first-order valence-electron chi connectivity index (χ1n) is 10.6. The summed E-state index contributed by atoms with van der Waals surface area (Å²) in [6, 6.07) is 18.6. The number of carboxylic acids is 1. The Morgan fingerprint density at radius 3 is 2.71 bits per heavy atom. The first-order chi connectivity index (χ1) is 15.0. The molecule has 0 radical (unpaired) electrons. The Morgan fingerprint density at radius 2 is 1.97 bits per heavy atom. The summed E-state index contributed by atoms with van der Waals surface area (Å²) in [6.45, 7) is 5.49. The van der Waals surface area contributed by atoms with E-state index >= 15 is 0 Å². The number of aliphatic carboxylic acids is 1. The molecule has 0 aliphatic heterocycles. The molecule has 0 aliphatic rings. The zero-order valence-electron chi connectivity index (χ0n) is 17.8. The quantitative estimate of drug-likeness (QED) is 0.341. The summed E-state index contributed by atoms with van der Waals surface area (Å²) in [5.74, 6) is -0.292. The van der Waals surface area contributed by atoms with E-state index in [4.69, 9.17) is 4.98 Å². The van der Waals surface area contributed by atoms with Gasteiger partial charge in [0.15, 0.2) is 5.13 Å². The lowest BCUT2D eigenvalue weighted by atomic mass is 10.0. The molecule has 0 fully saturated rings. The number of carboxylic acid groups (broad SMARTS) is 1. The van der Waals surface area contributed by atoms with Crippen LogP contribution in [-0.4, -0.2) is 27.6 Å². The number of aromatic amines is 1. The van der Waals surface area contributed by atoms with Crippen molar-refractivity contribution in [1.82, 2.24) is 9.97 Å². The Hall–Kier alpha value is -3.12. The number of thiazole rings is 1. The number of nitrogens with one attached hydrogen (secondary N) is 1. The van der Waals surface area contributed by atoms with E-state index in [1.165, 1.54) is 4.88 Å². The van der Waals surface area contributed by atoms with Gasteiger partial charge in [0.2, 0.25) is 0 Å². The van der Waals surface area contributed by atoms with Gasteiger partial charge >= 0.3 is 5.97 Å². The molecule has 5 nitrogen and oxygen atoms in total. The normalized spacial score (nSPS) is 11.3. The van der Waals surface area contributed by atoms with Gasteiger partial charge in [-0.3, -0.25) is 4.79 Å². The van der Waals surface area contributed by atoms with Crippen LogP contribution < -0.4 is 4.90 Å². The van der Waals surface area contributed by atoms with Crippen molar-refractivity contribution in [2.45, 2.75) is 33.2 Å². The number of H-pyrrole nitrogens is 1. The molecule has 2 aromatic heterocycles. The third-order valence-electron chi connectivity index (χ3n) is 5.19. The molecule has 6 heteroatoms. The van der Waals surface area contributed by atoms with Crippen molar-refractivity contribution in [3.8, 4) is 11.3 Å². The van der Waals surface area contributed by atoms with Crippen LogP contribution >= 0.6 is 11.3 Å². The Morgan fingerprint density at radius 1 is 1.16 bits per heavy atom. The van der Waals surface area contributed by atoms with Gasteiger partial charge in [0, 0.05) is 40.6 Å². The fraction of sp³-hybridized carbons (Fsp3) is 0.280. The summed E-state index contributed by atoms with van der Waals surface area (Å²) in [7, 11) is 0. The fourth-order valence-corrected chi connectivity index (χ4v) is 5.01. The first kappa shape index (κ1) is 21.1. The molecule has 4 aromatic rings. The number of hydrogen-bond donors (Lipinski definition) is 2. The molecule has 160 valence electrons. The Labute approximate surface area is 186 Å². The van der Waals surface area contributed by atoms with Crippen molar-refractivity contribution in [3.63, 3.8) is 0 Å². The van der Waals surface area contributed by atoms with Crippen LogP contribution in [0, 0.1) is 5.92 Å². The highest BCUT2D eigenvalue weighted by Gasteiger charge is 2.20. The van der Waals surface area contributed by atoms with Crippen molar-refractivity contribution in [3.05, 3.63) is 71.2 Å². The van der Waals surface area contributed by atoms with E-state index in [0.29, 0.717) is 19.0 Å². The number of benzene rings is 2. The molecule has 0 spiro atoms. The number of anilines is 1. The second-order valence-electron chi connectivity index (χ2n) is 8.20. The maximum absolute atomic E-state index is 11.3. The van der Waals surface area contributed by atoms with Crippen LogP contribution in [0.1, 0.15) is 30.7 Å². The van der Waals surface area contributed by atoms with E-state index in [-0.39, 0.29) is 6.42 Å². The van der Waals surface area contributed by atoms with Gasteiger partial charge in [-0.15, -0.1) is 11.3 Å². The predicted molar refractivity (Wildman–Crippen MR) is 128 cm³/mol. The third-order valence-corrected chi connectivity index (χ3v) is 6.33. The lowest BCUT2D eigenvalue weighted by molar-refractivity contribution is -0.136. The molecule has 2 N–H and O–H groups in total. The predicted octanol–water partition coefficient (Wildman–Crippen LogP) is 5.97. The lowest BCUT2D eigenvalue weighted by Gasteiger charge is -2.21. The summed E-state index contributed by atoms with van der Waals surface area (Å²) in [5, 5.41) is 11.3. The van der Waals surface area contributed by atoms with E-state index in [0.717, 1.165) is 39.3 Å². The van der Waals surface area contributed by atoms with Crippen LogP contribution in [0.15, 0.2) is 60.8 Å². The van der Waals surface area contributed by atoms with Crippen molar-refractivity contribution in [1.29, 1.82) is 0 Å². The van der Waals surface area contributed by atoms with Crippen molar-refractivity contribution >= 4 is 33.3 Å². The third kappa shape index (κ3) is 5.14. The maximum atomic E-state index is 11.3. The maximum Gasteiger partial charge on any atom is 0.305 e. The molecule has 0 unspecified atom stereocenters. The SMILES string of the molecule is CC(C)Cc1sc(N(CCC(=O)O)Cc2ccccc2)nc1-c1ccc2[nH]ccc2c1. The molecular formula is C25H27N3O2S. The van der Waals surface area contributed by atoms with Crippen LogP contribution in [0.5, 0.6) is 0 Å². The fourth-order valence-electron chi connectivity index (χ4n) is 3.69. The van der Waals surface area contributed by atoms with Crippen LogP contribution in [0.4, 0.5) is 5.13 Å². The van der Waals surface area contributed by atoms with E-state index in [1.54, 1.807) is 11.3 Å². The molecule has 2 heterocycles. The average molecular weight is 434 g/mol. The molecule has 31 heavy (non-hydrogen) atoms. The monoisotopic (exact) mass is 433 g/mol. The highest BCUT2D eigenvalue weighted by Crippen LogP contribution is 2.36. The molecule has 4 rings (SSSR count). The number of aromatic nitrogens is 2. The van der Waals surface area contributed by atoms with Gasteiger partial charge in [-0.05, 0) is 36.1 Å². The number of fused-ring (bicyclic) bond motifs is 1. The van der Waals surface area contributed by atoms with E-state index in [1.807, 2.05) is 24.4 Å². The van der Waals surface area contributed by atoms with Gasteiger partial charge in [0.1, 0.15) is 0 Å². The molecule has 0 aliphatic carbocycles. The smallest absolute Gasteiger partial charge is 0.305 e. The minimum absolute atomic E-state index is 0.0799. The summed E-state index contributed by atoms with van der Waals surface area (Å²) in [5.41, 5.74) is 4.36. The molecule has 0 saturated heterocycles. The van der Waals surface area contributed by atoms with Crippen LogP contribution in [-0.2, 0) is 17.8 Å². The van der Waals surface area contributed by atoms with Crippen molar-refractivity contribution in [2.75, 3.05) is 11.4 Å². The molecule has 0 bridgehead atoms. The Balaban J connectivity index is 1.72. The summed E-state index contributed by atoms with van der Waals surface area (Å²) in [6.07, 6.45) is 2.97. The van der Waals surface area contributed by atoms with Gasteiger partial charge in [-0.25, -0.2) is 4.98 Å². The second kappa shape index (κ2) is 9.35. The average Bonchev–Trinajstić information content (AvgIpc) is 3.37.